The topological polar surface area (TPSA) is 63.3 Å². The highest BCUT2D eigenvalue weighted by molar-refractivity contribution is 5.96. The zero-order valence-corrected chi connectivity index (χ0v) is 11.4. The van der Waals surface area contributed by atoms with Crippen LogP contribution in [0.3, 0.4) is 0 Å². The molecule has 1 aromatic heterocycles. The minimum atomic E-state index is -0.986. The van der Waals surface area contributed by atoms with Gasteiger partial charge in [-0.2, -0.15) is 0 Å². The number of aromatic carboxylic acids is 1. The molecule has 0 atom stereocenters. The van der Waals surface area contributed by atoms with E-state index in [0.29, 0.717) is 17.9 Å². The van der Waals surface area contributed by atoms with Gasteiger partial charge in [-0.3, -0.25) is 0 Å². The number of hydrogen-bond acceptors (Lipinski definition) is 3. The van der Waals surface area contributed by atoms with Gasteiger partial charge in [-0.05, 0) is 31.4 Å². The van der Waals surface area contributed by atoms with E-state index in [-0.39, 0.29) is 5.56 Å². The third-order valence-electron chi connectivity index (χ3n) is 3.31. The van der Waals surface area contributed by atoms with E-state index >= 15 is 0 Å². The predicted octanol–water partition coefficient (Wildman–Crippen LogP) is 3.61. The van der Waals surface area contributed by atoms with Crippen molar-refractivity contribution < 1.29 is 14.4 Å². The fourth-order valence-corrected chi connectivity index (χ4v) is 2.13. The smallest absolute Gasteiger partial charge is 0.341 e. The number of carboxylic acids is 1. The number of aromatic nitrogens is 1. The fraction of sp³-hybridized carbons (Fsp3) is 0.333. The zero-order valence-electron chi connectivity index (χ0n) is 11.4. The molecule has 0 saturated heterocycles. The van der Waals surface area contributed by atoms with E-state index in [0.717, 1.165) is 23.1 Å². The summed E-state index contributed by atoms with van der Waals surface area (Å²) in [6.07, 6.45) is 1.40. The molecule has 1 aromatic carbocycles. The van der Waals surface area contributed by atoms with Crippen LogP contribution in [0.2, 0.25) is 0 Å². The van der Waals surface area contributed by atoms with Gasteiger partial charge in [-0.25, -0.2) is 4.79 Å². The SMILES string of the molecule is CCCc1onc(-c2cccc(C)c2C)c1C(=O)O. The Morgan fingerprint density at radius 2 is 2.11 bits per heavy atom. The molecule has 1 N–H and O–H groups in total. The zero-order chi connectivity index (χ0) is 14.0. The molecule has 0 aliphatic rings. The minimum Gasteiger partial charge on any atom is -0.477 e. The number of rotatable bonds is 4. The molecule has 0 amide bonds. The van der Waals surface area contributed by atoms with Crippen molar-refractivity contribution in [2.24, 2.45) is 0 Å². The van der Waals surface area contributed by atoms with Crippen LogP contribution in [0, 0.1) is 13.8 Å². The summed E-state index contributed by atoms with van der Waals surface area (Å²) in [4.78, 5) is 11.4. The van der Waals surface area contributed by atoms with E-state index in [1.165, 1.54) is 0 Å². The van der Waals surface area contributed by atoms with Crippen LogP contribution in [0.15, 0.2) is 22.7 Å². The summed E-state index contributed by atoms with van der Waals surface area (Å²) in [5, 5.41) is 13.4. The molecule has 0 spiro atoms. The van der Waals surface area contributed by atoms with E-state index in [4.69, 9.17) is 4.52 Å². The van der Waals surface area contributed by atoms with Gasteiger partial charge in [-0.1, -0.05) is 30.3 Å². The highest BCUT2D eigenvalue weighted by Crippen LogP contribution is 2.30. The Labute approximate surface area is 112 Å². The van der Waals surface area contributed by atoms with Crippen molar-refractivity contribution in [3.63, 3.8) is 0 Å². The Kier molecular flexibility index (Phi) is 3.69. The maximum absolute atomic E-state index is 11.4. The van der Waals surface area contributed by atoms with Crippen molar-refractivity contribution in [1.29, 1.82) is 0 Å². The Morgan fingerprint density at radius 3 is 2.74 bits per heavy atom. The van der Waals surface area contributed by atoms with E-state index in [2.05, 4.69) is 5.16 Å². The number of hydrogen-bond donors (Lipinski definition) is 1. The second kappa shape index (κ2) is 5.26. The average Bonchev–Trinajstić information content (AvgIpc) is 2.77. The second-order valence-electron chi connectivity index (χ2n) is 4.63. The van der Waals surface area contributed by atoms with Crippen LogP contribution in [-0.2, 0) is 6.42 Å². The number of carboxylic acid groups (broad SMARTS) is 1. The summed E-state index contributed by atoms with van der Waals surface area (Å²) in [7, 11) is 0. The first-order valence-corrected chi connectivity index (χ1v) is 6.34. The number of benzene rings is 1. The lowest BCUT2D eigenvalue weighted by Gasteiger charge is -2.06. The van der Waals surface area contributed by atoms with Gasteiger partial charge in [0.2, 0.25) is 0 Å². The van der Waals surface area contributed by atoms with Crippen LogP contribution < -0.4 is 0 Å². The van der Waals surface area contributed by atoms with Crippen molar-refractivity contribution in [2.75, 3.05) is 0 Å². The maximum atomic E-state index is 11.4. The molecule has 0 saturated carbocycles. The molecular formula is C15H17NO3. The largest absolute Gasteiger partial charge is 0.477 e. The van der Waals surface area contributed by atoms with Crippen molar-refractivity contribution in [3.8, 4) is 11.3 Å². The van der Waals surface area contributed by atoms with E-state index in [1.54, 1.807) is 0 Å². The monoisotopic (exact) mass is 259 g/mol. The standard InChI is InChI=1S/C15H17NO3/c1-4-6-12-13(15(17)18)14(16-19-12)11-8-5-7-9(2)10(11)3/h5,7-8H,4,6H2,1-3H3,(H,17,18). The Morgan fingerprint density at radius 1 is 1.37 bits per heavy atom. The summed E-state index contributed by atoms with van der Waals surface area (Å²) < 4.78 is 5.22. The molecule has 0 fully saturated rings. The molecule has 4 heteroatoms. The molecule has 2 rings (SSSR count). The van der Waals surface area contributed by atoms with Crippen LogP contribution >= 0.6 is 0 Å². The van der Waals surface area contributed by atoms with Gasteiger partial charge < -0.3 is 9.63 Å². The minimum absolute atomic E-state index is 0.190. The van der Waals surface area contributed by atoms with Gasteiger partial charge in [0, 0.05) is 12.0 Å². The van der Waals surface area contributed by atoms with Crippen LogP contribution in [-0.4, -0.2) is 16.2 Å². The summed E-state index contributed by atoms with van der Waals surface area (Å²) in [5.74, 6) is -0.536. The lowest BCUT2D eigenvalue weighted by Crippen LogP contribution is -2.02. The molecule has 19 heavy (non-hydrogen) atoms. The van der Waals surface area contributed by atoms with Gasteiger partial charge in [0.05, 0.1) is 0 Å². The third-order valence-corrected chi connectivity index (χ3v) is 3.31. The molecule has 1 heterocycles. The molecule has 0 unspecified atom stereocenters. The molecule has 100 valence electrons. The van der Waals surface area contributed by atoms with Crippen molar-refractivity contribution in [1.82, 2.24) is 5.16 Å². The Balaban J connectivity index is 2.62. The Bertz CT molecular complexity index is 614. The van der Waals surface area contributed by atoms with Gasteiger partial charge in [-0.15, -0.1) is 0 Å². The fourth-order valence-electron chi connectivity index (χ4n) is 2.13. The average molecular weight is 259 g/mol. The van der Waals surface area contributed by atoms with Gasteiger partial charge >= 0.3 is 5.97 Å². The normalized spacial score (nSPS) is 10.7. The van der Waals surface area contributed by atoms with Gasteiger partial charge in [0.25, 0.3) is 0 Å². The summed E-state index contributed by atoms with van der Waals surface area (Å²) in [6, 6.07) is 5.77. The van der Waals surface area contributed by atoms with E-state index in [9.17, 15) is 9.90 Å². The number of nitrogens with zero attached hydrogens (tertiary/aromatic N) is 1. The molecule has 0 bridgehead atoms. The first-order chi connectivity index (χ1) is 9.06. The molecular weight excluding hydrogens is 242 g/mol. The molecule has 4 nitrogen and oxygen atoms in total. The van der Waals surface area contributed by atoms with Gasteiger partial charge in [0.1, 0.15) is 11.3 Å². The first kappa shape index (κ1) is 13.3. The lowest BCUT2D eigenvalue weighted by atomic mass is 9.97. The quantitative estimate of drug-likeness (QED) is 0.911. The highest BCUT2D eigenvalue weighted by Gasteiger charge is 2.23. The molecule has 2 aromatic rings. The van der Waals surface area contributed by atoms with E-state index < -0.39 is 5.97 Å². The molecule has 0 radical (unpaired) electrons. The summed E-state index contributed by atoms with van der Waals surface area (Å²) in [6.45, 7) is 5.93. The maximum Gasteiger partial charge on any atom is 0.341 e. The van der Waals surface area contributed by atoms with Crippen LogP contribution in [0.4, 0.5) is 0 Å². The number of aryl methyl sites for hydroxylation is 2. The highest BCUT2D eigenvalue weighted by atomic mass is 16.5. The summed E-state index contributed by atoms with van der Waals surface area (Å²) >= 11 is 0. The van der Waals surface area contributed by atoms with Crippen LogP contribution in [0.25, 0.3) is 11.3 Å². The predicted molar refractivity (Wildman–Crippen MR) is 72.4 cm³/mol. The van der Waals surface area contributed by atoms with Crippen LogP contribution in [0.1, 0.15) is 40.6 Å². The third kappa shape index (κ3) is 2.38. The second-order valence-corrected chi connectivity index (χ2v) is 4.63. The van der Waals surface area contributed by atoms with Crippen LogP contribution in [0.5, 0.6) is 0 Å². The van der Waals surface area contributed by atoms with E-state index in [1.807, 2.05) is 39.0 Å². The summed E-state index contributed by atoms with van der Waals surface area (Å²) in [5.41, 5.74) is 3.58. The van der Waals surface area contributed by atoms with Gasteiger partial charge in [0.15, 0.2) is 5.76 Å². The lowest BCUT2D eigenvalue weighted by molar-refractivity contribution is 0.0695. The van der Waals surface area contributed by atoms with Crippen molar-refractivity contribution in [3.05, 3.63) is 40.6 Å². The Hall–Kier alpha value is -2.10. The van der Waals surface area contributed by atoms with Crippen molar-refractivity contribution in [2.45, 2.75) is 33.6 Å². The molecule has 0 aliphatic heterocycles. The number of carbonyl (C=O) groups is 1. The van der Waals surface area contributed by atoms with Crippen molar-refractivity contribution >= 4 is 5.97 Å². The first-order valence-electron chi connectivity index (χ1n) is 6.34. The molecule has 0 aliphatic carbocycles.